The second-order valence-electron chi connectivity index (χ2n) is 21.4. The van der Waals surface area contributed by atoms with Crippen molar-refractivity contribution in [3.8, 4) is 0 Å². The summed E-state index contributed by atoms with van der Waals surface area (Å²) in [5.41, 5.74) is 25.8. The molecule has 33 heteroatoms. The number of hydrogen-bond acceptors (Lipinski definition) is 15. The van der Waals surface area contributed by atoms with Crippen molar-refractivity contribution in [2.75, 3.05) is 19.6 Å². The van der Waals surface area contributed by atoms with E-state index in [1.807, 2.05) is 13.8 Å². The van der Waals surface area contributed by atoms with Crippen LogP contribution in [0.5, 0.6) is 0 Å². The Morgan fingerprint density at radius 2 is 0.750 bits per heavy atom. The van der Waals surface area contributed by atoms with Crippen LogP contribution in [0.2, 0.25) is 0 Å². The summed E-state index contributed by atoms with van der Waals surface area (Å²) in [6.45, 7) is 6.41. The molecule has 92 heavy (non-hydrogen) atoms. The summed E-state index contributed by atoms with van der Waals surface area (Å²) in [6, 6.07) is 2.28. The predicted octanol–water partition coefficient (Wildman–Crippen LogP) is 1.42. The first-order chi connectivity index (χ1) is 43.4. The van der Waals surface area contributed by atoms with Crippen molar-refractivity contribution in [1.82, 2.24) is 42.5 Å². The van der Waals surface area contributed by atoms with Crippen molar-refractivity contribution in [1.29, 1.82) is 0 Å². The van der Waals surface area contributed by atoms with Crippen LogP contribution in [0.1, 0.15) is 173 Å². The van der Waals surface area contributed by atoms with Gasteiger partial charge in [0.05, 0.1) is 19.1 Å². The lowest BCUT2D eigenvalue weighted by Crippen LogP contribution is -2.51. The number of nitrogens with zero attached hydrogens (tertiary/aromatic N) is 2. The predicted molar refractivity (Wildman–Crippen MR) is 336 cm³/mol. The molecule has 0 aliphatic carbocycles. The first-order valence-electron chi connectivity index (χ1n) is 29.8. The molecular formula is C59H92N14O19. The maximum absolute atomic E-state index is 12.5. The van der Waals surface area contributed by atoms with E-state index in [0.717, 1.165) is 22.3 Å². The van der Waals surface area contributed by atoms with Gasteiger partial charge in [0.25, 0.3) is 11.8 Å². The Balaban J connectivity index is 0.00000197. The summed E-state index contributed by atoms with van der Waals surface area (Å²) >= 11 is 0. The van der Waals surface area contributed by atoms with Gasteiger partial charge >= 0.3 is 47.9 Å². The zero-order valence-electron chi connectivity index (χ0n) is 52.0. The van der Waals surface area contributed by atoms with Gasteiger partial charge in [-0.3, -0.25) is 33.6 Å². The van der Waals surface area contributed by atoms with Crippen molar-refractivity contribution >= 4 is 89.2 Å². The molecular weight excluding hydrogens is 1210 g/mol. The van der Waals surface area contributed by atoms with Crippen LogP contribution in [-0.2, 0) is 56.2 Å². The molecule has 0 radical (unpaired) electrons. The SMILES string of the molecule is CC(=O)[C@H](CCC(=O)O)NC(=O)N[C@@H](CCCCNC(=O)c1ccc(CN=C(N)N)c(C)c1)C(=O)O.Cc1cc(C(=O)NCCCCC(NC(=O)CCCCCCC(=O)NCCCC[C@H](NC(=O)N[C@@H](CCC(=O)O)C(=O)O)C(=O)O)C(=O)O)ccc1CN=C(N)N.[HH]. The number of nitrogens with two attached hydrogens (primary N) is 4. The summed E-state index contributed by atoms with van der Waals surface area (Å²) in [6.07, 6.45) is 4.35. The number of benzene rings is 2. The number of amides is 8. The highest BCUT2D eigenvalue weighted by Crippen LogP contribution is 2.15. The minimum Gasteiger partial charge on any atom is -0.481 e. The van der Waals surface area contributed by atoms with Crippen molar-refractivity contribution in [2.45, 2.75) is 186 Å². The van der Waals surface area contributed by atoms with E-state index in [2.05, 4.69) is 52.5 Å². The second-order valence-corrected chi connectivity index (χ2v) is 21.4. The molecule has 2 rings (SSSR count). The maximum atomic E-state index is 12.5. The third-order valence-corrected chi connectivity index (χ3v) is 13.8. The van der Waals surface area contributed by atoms with Crippen LogP contribution in [0.3, 0.4) is 0 Å². The average molecular weight is 1300 g/mol. The van der Waals surface area contributed by atoms with Crippen LogP contribution >= 0.6 is 0 Å². The number of carboxylic acids is 6. The molecule has 0 spiro atoms. The molecule has 1 unspecified atom stereocenters. The van der Waals surface area contributed by atoms with E-state index in [1.54, 1.807) is 36.4 Å². The van der Waals surface area contributed by atoms with Gasteiger partial charge in [0, 0.05) is 57.9 Å². The highest BCUT2D eigenvalue weighted by Gasteiger charge is 2.26. The molecule has 512 valence electrons. The lowest BCUT2D eigenvalue weighted by Gasteiger charge is -2.19. The number of urea groups is 2. The van der Waals surface area contributed by atoms with Crippen LogP contribution in [0, 0.1) is 13.8 Å². The van der Waals surface area contributed by atoms with Crippen molar-refractivity contribution in [3.05, 3.63) is 69.8 Å². The number of ketones is 1. The van der Waals surface area contributed by atoms with Gasteiger partial charge in [0.15, 0.2) is 17.7 Å². The molecule has 5 atom stereocenters. The lowest BCUT2D eigenvalue weighted by molar-refractivity contribution is -0.142. The van der Waals surface area contributed by atoms with E-state index in [0.29, 0.717) is 102 Å². The molecule has 0 aliphatic heterocycles. The number of hydrogen-bond donors (Lipinski definition) is 18. The molecule has 2 aromatic carbocycles. The molecule has 0 aromatic heterocycles. The Hall–Kier alpha value is -10.1. The van der Waals surface area contributed by atoms with Gasteiger partial charge in [-0.15, -0.1) is 0 Å². The number of aliphatic carboxylic acids is 6. The Labute approximate surface area is 533 Å². The van der Waals surface area contributed by atoms with Crippen LogP contribution < -0.4 is 65.5 Å². The Morgan fingerprint density at radius 1 is 0.413 bits per heavy atom. The normalized spacial score (nSPS) is 12.2. The Morgan fingerprint density at radius 3 is 1.10 bits per heavy atom. The number of carbonyl (C=O) groups excluding carboxylic acids is 7. The van der Waals surface area contributed by atoms with Crippen LogP contribution in [0.25, 0.3) is 0 Å². The number of nitrogens with one attached hydrogen (secondary N) is 8. The van der Waals surface area contributed by atoms with Gasteiger partial charge in [-0.2, -0.15) is 0 Å². The fraction of sp³-hybridized carbons (Fsp3) is 0.542. The number of carboxylic acid groups (broad SMARTS) is 6. The standard InChI is InChI=1S/C36H56N8O12.C23H34N6O7.H2/c1-22-20-23(14-15-24(22)21-41-35(37)38)31(49)40-19-9-7-10-25(32(50)51)42-29(46)13-5-3-2-4-12-28(45)39-18-8-6-11-26(33(52)53)43-36(56)44-27(34(54)55)16-17-30(47)48;1-13-11-15(6-7-16(13)12-27-22(24)25)20(33)26-10-4-3-5-18(21(34)35)29-23(36)28-17(14(2)30)8-9-19(31)32;/h14-15,20,25-27H,2-13,16-19,21H2,1H3,(H,39,45)(H,40,49)(H,42,46)(H,47,48)(H,50,51)(H,52,53)(H,54,55)(H4,37,38,41)(H2,43,44,56);6-7,11,17-18H,3-5,8-10,12H2,1-2H3,(H,26,33)(H,31,32)(H,34,35)(H4,24,25,27)(H2,28,29,36);1H/t25?,26-,27-;17-,18-;/m00./s1. The molecule has 22 N–H and O–H groups in total. The highest BCUT2D eigenvalue weighted by atomic mass is 16.4. The van der Waals surface area contributed by atoms with E-state index >= 15 is 0 Å². The Kier molecular flexibility index (Phi) is 38.5. The zero-order valence-corrected chi connectivity index (χ0v) is 52.0. The molecule has 0 saturated heterocycles. The van der Waals surface area contributed by atoms with Crippen molar-refractivity contribution in [3.63, 3.8) is 0 Å². The third kappa shape index (κ3) is 36.4. The fourth-order valence-electron chi connectivity index (χ4n) is 8.58. The minimum atomic E-state index is -1.50. The largest absolute Gasteiger partial charge is 0.481 e. The van der Waals surface area contributed by atoms with Gasteiger partial charge in [0.1, 0.15) is 24.2 Å². The number of aliphatic imine (C=N–C) groups is 2. The van der Waals surface area contributed by atoms with Gasteiger partial charge in [-0.1, -0.05) is 25.0 Å². The Bertz CT molecular complexity index is 2900. The lowest BCUT2D eigenvalue weighted by atomic mass is 10.0. The molecule has 0 aliphatic rings. The molecule has 8 amide bonds. The highest BCUT2D eigenvalue weighted by molar-refractivity contribution is 5.95. The molecule has 33 nitrogen and oxygen atoms in total. The number of unbranched alkanes of at least 4 members (excludes halogenated alkanes) is 6. The molecule has 0 bridgehead atoms. The summed E-state index contributed by atoms with van der Waals surface area (Å²) in [5.74, 6) is -9.18. The quantitative estimate of drug-likeness (QED) is 0.0253. The van der Waals surface area contributed by atoms with Gasteiger partial charge in [-0.05, 0) is 151 Å². The fourth-order valence-corrected chi connectivity index (χ4v) is 8.58. The summed E-state index contributed by atoms with van der Waals surface area (Å²) in [7, 11) is 0. The maximum Gasteiger partial charge on any atom is 0.326 e. The molecule has 2 aromatic rings. The third-order valence-electron chi connectivity index (χ3n) is 13.8. The summed E-state index contributed by atoms with van der Waals surface area (Å²) in [4.78, 5) is 160. The van der Waals surface area contributed by atoms with E-state index in [1.165, 1.54) is 6.92 Å². The average Bonchev–Trinajstić information content (AvgIpc) is 2.79. The van der Waals surface area contributed by atoms with Gasteiger partial charge in [-0.25, -0.2) is 38.8 Å². The van der Waals surface area contributed by atoms with E-state index in [9.17, 15) is 77.6 Å². The monoisotopic (exact) mass is 1300 g/mol. The van der Waals surface area contributed by atoms with E-state index < -0.39 is 90.3 Å². The smallest absolute Gasteiger partial charge is 0.326 e. The van der Waals surface area contributed by atoms with Crippen molar-refractivity contribution < 1.29 is 94.4 Å². The number of rotatable bonds is 44. The number of carbonyl (C=O) groups is 13. The number of Topliss-reactive ketones (excluding diaryl/α,β-unsaturated/α-hetero) is 1. The van der Waals surface area contributed by atoms with Crippen LogP contribution in [0.4, 0.5) is 9.59 Å². The van der Waals surface area contributed by atoms with Gasteiger partial charge < -0.3 is 96.1 Å². The topological polar surface area (TPSA) is 568 Å². The molecule has 0 saturated carbocycles. The first kappa shape index (κ1) is 79.9. The summed E-state index contributed by atoms with van der Waals surface area (Å²) < 4.78 is 0. The minimum absolute atomic E-state index is 0. The van der Waals surface area contributed by atoms with Crippen molar-refractivity contribution in [2.24, 2.45) is 32.9 Å². The van der Waals surface area contributed by atoms with E-state index in [-0.39, 0.29) is 94.9 Å². The van der Waals surface area contributed by atoms with E-state index in [4.69, 9.17) is 38.3 Å². The summed E-state index contributed by atoms with van der Waals surface area (Å²) in [5, 5.41) is 74.6. The molecule has 0 heterocycles. The number of aryl methyl sites for hydroxylation is 2. The van der Waals surface area contributed by atoms with Crippen LogP contribution in [-0.4, -0.2) is 170 Å². The second kappa shape index (κ2) is 44.4. The van der Waals surface area contributed by atoms with Crippen LogP contribution in [0.15, 0.2) is 46.4 Å². The first-order valence-corrected chi connectivity index (χ1v) is 29.8. The van der Waals surface area contributed by atoms with Gasteiger partial charge in [0.2, 0.25) is 11.8 Å². The number of guanidine groups is 2. The molecule has 0 fully saturated rings. The zero-order chi connectivity index (χ0) is 69.3.